The maximum Gasteiger partial charge on any atom is 0.260 e. The lowest BCUT2D eigenvalue weighted by atomic mass is 9.86. The Morgan fingerprint density at radius 3 is 2.32 bits per heavy atom. The first-order valence-electron chi connectivity index (χ1n) is 16.4. The quantitative estimate of drug-likeness (QED) is 0.168. The van der Waals surface area contributed by atoms with Crippen LogP contribution in [-0.2, 0) is 12.0 Å². The molecular formula is C42H42N2+2. The van der Waals surface area contributed by atoms with Crippen LogP contribution in [0, 0.1) is 6.92 Å². The normalized spacial score (nSPS) is 13.8. The molecule has 3 heterocycles. The second-order valence-corrected chi connectivity index (χ2v) is 12.3. The predicted octanol–water partition coefficient (Wildman–Crippen LogP) is 10.1. The third-order valence-electron chi connectivity index (χ3n) is 9.96. The molecule has 0 bridgehead atoms. The van der Waals surface area contributed by atoms with Crippen LogP contribution in [0.2, 0.25) is 0 Å². The van der Waals surface area contributed by atoms with Crippen molar-refractivity contribution in [3.05, 3.63) is 132 Å². The fourth-order valence-corrected chi connectivity index (χ4v) is 7.56. The average molecular weight is 575 g/mol. The zero-order valence-electron chi connectivity index (χ0n) is 26.5. The largest absolute Gasteiger partial charge is 0.260 e. The van der Waals surface area contributed by atoms with Gasteiger partial charge in [-0.3, -0.25) is 0 Å². The summed E-state index contributed by atoms with van der Waals surface area (Å²) in [5.41, 5.74) is 10.2. The highest BCUT2D eigenvalue weighted by Gasteiger charge is 2.51. The van der Waals surface area contributed by atoms with Crippen LogP contribution in [0.5, 0.6) is 0 Å². The van der Waals surface area contributed by atoms with Gasteiger partial charge in [-0.25, -0.2) is 0 Å². The number of hydrogen-bond donors (Lipinski definition) is 0. The molecule has 0 amide bonds. The standard InChI is InChI=1S/C42H42N2/c1-5-8-15-31-22-24-37-34(28-31)25-27-44-41(37)36-19-12-10-17-33(36)29-39(42(44,6-2)7-3)43-26-14-13-20-38(43)40-30(4)21-23-32-16-9-11-18-35(32)40/h9-14,16-29H,5-8,15H2,1-4H3/q+2. The molecule has 7 rings (SSSR count). The number of aromatic nitrogens is 2. The maximum atomic E-state index is 2.61. The van der Waals surface area contributed by atoms with E-state index in [9.17, 15) is 0 Å². The lowest BCUT2D eigenvalue weighted by Crippen LogP contribution is -2.62. The minimum atomic E-state index is -0.261. The van der Waals surface area contributed by atoms with Crippen molar-refractivity contribution in [3.8, 4) is 22.5 Å². The smallest absolute Gasteiger partial charge is 0.182 e. The van der Waals surface area contributed by atoms with Crippen molar-refractivity contribution < 1.29 is 9.13 Å². The third-order valence-corrected chi connectivity index (χ3v) is 9.96. The van der Waals surface area contributed by atoms with Crippen molar-refractivity contribution in [2.75, 3.05) is 0 Å². The number of benzene rings is 4. The van der Waals surface area contributed by atoms with E-state index in [1.54, 1.807) is 0 Å². The molecule has 218 valence electrons. The molecule has 2 nitrogen and oxygen atoms in total. The number of nitrogens with zero attached hydrogens (tertiary/aromatic N) is 2. The number of hydrogen-bond acceptors (Lipinski definition) is 0. The average Bonchev–Trinajstić information content (AvgIpc) is 3.20. The molecule has 0 atom stereocenters. The molecule has 2 heteroatoms. The Bertz CT molecular complexity index is 2040. The van der Waals surface area contributed by atoms with Crippen LogP contribution in [0.1, 0.15) is 63.1 Å². The summed E-state index contributed by atoms with van der Waals surface area (Å²) in [5.74, 6) is 0. The summed E-state index contributed by atoms with van der Waals surface area (Å²) in [6.07, 6.45) is 12.6. The Balaban J connectivity index is 1.54. The number of allylic oxidation sites excluding steroid dienone is 1. The van der Waals surface area contributed by atoms with E-state index in [1.807, 2.05) is 0 Å². The van der Waals surface area contributed by atoms with Crippen molar-refractivity contribution in [2.24, 2.45) is 0 Å². The third kappa shape index (κ3) is 4.47. The van der Waals surface area contributed by atoms with Crippen molar-refractivity contribution >= 4 is 33.3 Å². The van der Waals surface area contributed by atoms with Gasteiger partial charge in [0.25, 0.3) is 11.2 Å². The molecule has 0 saturated carbocycles. The molecule has 0 radical (unpaired) electrons. The number of fused-ring (bicyclic) bond motifs is 6. The Labute approximate surface area is 262 Å². The highest BCUT2D eigenvalue weighted by atomic mass is 15.1. The van der Waals surface area contributed by atoms with Crippen LogP contribution in [0.15, 0.2) is 116 Å². The van der Waals surface area contributed by atoms with Crippen molar-refractivity contribution in [1.82, 2.24) is 0 Å². The second-order valence-electron chi connectivity index (χ2n) is 12.3. The van der Waals surface area contributed by atoms with Crippen LogP contribution in [-0.4, -0.2) is 0 Å². The summed E-state index contributed by atoms with van der Waals surface area (Å²) in [6, 6.07) is 38.4. The van der Waals surface area contributed by atoms with E-state index in [2.05, 4.69) is 158 Å². The molecule has 6 aromatic rings. The predicted molar refractivity (Wildman–Crippen MR) is 185 cm³/mol. The fourth-order valence-electron chi connectivity index (χ4n) is 7.56. The Hall–Kier alpha value is -4.56. The summed E-state index contributed by atoms with van der Waals surface area (Å²) in [4.78, 5) is 0. The summed E-state index contributed by atoms with van der Waals surface area (Å²) >= 11 is 0. The van der Waals surface area contributed by atoms with E-state index >= 15 is 0 Å². The lowest BCUT2D eigenvalue weighted by molar-refractivity contribution is -0.761. The number of pyridine rings is 2. The summed E-state index contributed by atoms with van der Waals surface area (Å²) in [6.45, 7) is 9.22. The van der Waals surface area contributed by atoms with Crippen LogP contribution >= 0.6 is 0 Å². The molecule has 0 aliphatic carbocycles. The zero-order chi connectivity index (χ0) is 30.3. The zero-order valence-corrected chi connectivity index (χ0v) is 26.5. The van der Waals surface area contributed by atoms with Crippen molar-refractivity contribution in [1.29, 1.82) is 0 Å². The maximum absolute atomic E-state index is 2.61. The van der Waals surface area contributed by atoms with Gasteiger partial charge in [0.05, 0.1) is 16.5 Å². The first-order valence-corrected chi connectivity index (χ1v) is 16.4. The van der Waals surface area contributed by atoms with Gasteiger partial charge in [0.1, 0.15) is 0 Å². The second kappa shape index (κ2) is 11.5. The fraction of sp³-hybridized carbons (Fsp3) is 0.238. The summed E-state index contributed by atoms with van der Waals surface area (Å²) in [7, 11) is 0. The number of aryl methyl sites for hydroxylation is 2. The van der Waals surface area contributed by atoms with Gasteiger partial charge in [-0.2, -0.15) is 9.13 Å². The Morgan fingerprint density at radius 2 is 1.48 bits per heavy atom. The van der Waals surface area contributed by atoms with Crippen molar-refractivity contribution in [2.45, 2.75) is 65.3 Å². The van der Waals surface area contributed by atoms with E-state index in [0.717, 1.165) is 19.3 Å². The summed E-state index contributed by atoms with van der Waals surface area (Å²) in [5, 5.41) is 5.21. The summed E-state index contributed by atoms with van der Waals surface area (Å²) < 4.78 is 5.09. The van der Waals surface area contributed by atoms with Gasteiger partial charge < -0.3 is 0 Å². The van der Waals surface area contributed by atoms with Gasteiger partial charge in [-0.15, -0.1) is 0 Å². The molecule has 0 fully saturated rings. The molecule has 4 aromatic carbocycles. The van der Waals surface area contributed by atoms with Gasteiger partial charge in [0.15, 0.2) is 12.4 Å². The van der Waals surface area contributed by atoms with Crippen molar-refractivity contribution in [3.63, 3.8) is 0 Å². The van der Waals surface area contributed by atoms with Gasteiger partial charge in [-0.1, -0.05) is 93.9 Å². The molecule has 0 unspecified atom stereocenters. The van der Waals surface area contributed by atoms with Gasteiger partial charge in [0, 0.05) is 37.1 Å². The van der Waals surface area contributed by atoms with E-state index in [-0.39, 0.29) is 5.54 Å². The van der Waals surface area contributed by atoms with Gasteiger partial charge in [-0.05, 0) is 70.8 Å². The number of rotatable bonds is 7. The van der Waals surface area contributed by atoms with Crippen LogP contribution < -0.4 is 9.13 Å². The molecule has 2 aromatic heterocycles. The van der Waals surface area contributed by atoms with E-state index in [4.69, 9.17) is 0 Å². The van der Waals surface area contributed by atoms with Crippen LogP contribution in [0.3, 0.4) is 0 Å². The first-order chi connectivity index (χ1) is 21.6. The minimum absolute atomic E-state index is 0.261. The molecule has 0 N–H and O–H groups in total. The van der Waals surface area contributed by atoms with E-state index in [0.29, 0.717) is 0 Å². The van der Waals surface area contributed by atoms with Crippen LogP contribution in [0.25, 0.3) is 55.8 Å². The first kappa shape index (κ1) is 28.2. The van der Waals surface area contributed by atoms with Gasteiger partial charge >= 0.3 is 0 Å². The van der Waals surface area contributed by atoms with E-state index < -0.39 is 0 Å². The highest BCUT2D eigenvalue weighted by molar-refractivity contribution is 5.98. The molecule has 44 heavy (non-hydrogen) atoms. The van der Waals surface area contributed by atoms with Gasteiger partial charge in [0.2, 0.25) is 11.4 Å². The molecular weight excluding hydrogens is 532 g/mol. The molecule has 1 aliphatic rings. The molecule has 0 spiro atoms. The number of unbranched alkanes of at least 4 members (excludes halogenated alkanes) is 1. The van der Waals surface area contributed by atoms with Crippen LogP contribution in [0.4, 0.5) is 0 Å². The highest BCUT2D eigenvalue weighted by Crippen LogP contribution is 2.41. The molecule has 1 aliphatic heterocycles. The molecule has 0 saturated heterocycles. The Morgan fingerprint density at radius 1 is 0.682 bits per heavy atom. The SMILES string of the molecule is CCCCc1ccc2c3[n+](ccc2c1)C(CC)(CC)C([n+]1ccccc1-c1c(C)ccc2ccccc12)=Cc1ccccc1-3. The van der Waals surface area contributed by atoms with E-state index in [1.165, 1.54) is 79.3 Å². The topological polar surface area (TPSA) is 7.76 Å². The lowest BCUT2D eigenvalue weighted by Gasteiger charge is -2.27. The monoisotopic (exact) mass is 574 g/mol. The minimum Gasteiger partial charge on any atom is -0.182 e. The Kier molecular flexibility index (Phi) is 7.38.